The highest BCUT2D eigenvalue weighted by Gasteiger charge is 2.41. The van der Waals surface area contributed by atoms with Crippen LogP contribution in [0.3, 0.4) is 0 Å². The summed E-state index contributed by atoms with van der Waals surface area (Å²) in [5, 5.41) is 14.6. The van der Waals surface area contributed by atoms with E-state index in [4.69, 9.17) is 15.2 Å². The number of hydrogen-bond acceptors (Lipinski definition) is 9. The van der Waals surface area contributed by atoms with Crippen LogP contribution in [0.25, 0.3) is 0 Å². The van der Waals surface area contributed by atoms with Crippen molar-refractivity contribution in [2.24, 2.45) is 5.73 Å². The zero-order chi connectivity index (χ0) is 31.4. The van der Waals surface area contributed by atoms with Crippen LogP contribution in [0, 0.1) is 10.1 Å². The van der Waals surface area contributed by atoms with Gasteiger partial charge in [-0.1, -0.05) is 72.8 Å². The number of nitro benzene ring substituents is 1. The fourth-order valence-electron chi connectivity index (χ4n) is 5.96. The maximum absolute atomic E-state index is 14.0. The van der Waals surface area contributed by atoms with Crippen LogP contribution in [0.4, 0.5) is 5.69 Å². The average Bonchev–Trinajstić information content (AvgIpc) is 3.45. The van der Waals surface area contributed by atoms with Crippen molar-refractivity contribution in [3.8, 4) is 0 Å². The van der Waals surface area contributed by atoms with Crippen LogP contribution in [0.2, 0.25) is 0 Å². The minimum Gasteiger partial charge on any atom is -0.460 e. The lowest BCUT2D eigenvalue weighted by atomic mass is 9.81. The lowest BCUT2D eigenvalue weighted by Crippen LogP contribution is -2.37. The number of nitrogens with zero attached hydrogens (tertiary/aromatic N) is 2. The summed E-state index contributed by atoms with van der Waals surface area (Å²) < 4.78 is 11.6. The molecular formula is C34H38Cl2N4O6. The number of hydrogen-bond donors (Lipinski definition) is 2. The van der Waals surface area contributed by atoms with Gasteiger partial charge in [-0.2, -0.15) is 0 Å². The summed E-state index contributed by atoms with van der Waals surface area (Å²) in [6, 6.07) is 26.2. The van der Waals surface area contributed by atoms with Crippen molar-refractivity contribution in [2.75, 3.05) is 13.1 Å². The number of benzene rings is 3. The zero-order valence-corrected chi connectivity index (χ0v) is 27.4. The normalized spacial score (nSPS) is 18.0. The Morgan fingerprint density at radius 1 is 0.935 bits per heavy atom. The fraction of sp³-hybridized carbons (Fsp3) is 0.294. The molecule has 5 rings (SSSR count). The summed E-state index contributed by atoms with van der Waals surface area (Å²) in [4.78, 5) is 40.7. The van der Waals surface area contributed by atoms with Gasteiger partial charge in [0, 0.05) is 30.9 Å². The molecule has 3 aromatic rings. The maximum atomic E-state index is 14.0. The van der Waals surface area contributed by atoms with Gasteiger partial charge >= 0.3 is 11.9 Å². The van der Waals surface area contributed by atoms with Crippen molar-refractivity contribution in [2.45, 2.75) is 51.4 Å². The van der Waals surface area contributed by atoms with E-state index >= 15 is 0 Å². The van der Waals surface area contributed by atoms with Gasteiger partial charge < -0.3 is 20.5 Å². The molecule has 2 unspecified atom stereocenters. The van der Waals surface area contributed by atoms with Gasteiger partial charge in [0.25, 0.3) is 5.69 Å². The van der Waals surface area contributed by atoms with E-state index in [9.17, 15) is 19.7 Å². The Morgan fingerprint density at radius 3 is 2.11 bits per heavy atom. The molecule has 12 heteroatoms. The fourth-order valence-corrected chi connectivity index (χ4v) is 5.96. The van der Waals surface area contributed by atoms with Crippen LogP contribution >= 0.6 is 24.8 Å². The molecule has 0 spiro atoms. The molecule has 0 aliphatic carbocycles. The van der Waals surface area contributed by atoms with Gasteiger partial charge in [-0.05, 0) is 43.9 Å². The first kappa shape index (κ1) is 36.1. The molecule has 2 heterocycles. The molecule has 2 aliphatic heterocycles. The number of carbonyl (C=O) groups excluding carboxylic acids is 2. The van der Waals surface area contributed by atoms with Crippen molar-refractivity contribution in [3.05, 3.63) is 134 Å². The number of ether oxygens (including phenoxy) is 2. The maximum Gasteiger partial charge on any atom is 0.338 e. The van der Waals surface area contributed by atoms with Gasteiger partial charge in [0.2, 0.25) is 0 Å². The highest BCUT2D eigenvalue weighted by molar-refractivity contribution is 6.00. The predicted molar refractivity (Wildman–Crippen MR) is 179 cm³/mol. The molecule has 1 fully saturated rings. The number of carbonyl (C=O) groups is 2. The van der Waals surface area contributed by atoms with Gasteiger partial charge in [-0.3, -0.25) is 15.0 Å². The van der Waals surface area contributed by atoms with Crippen molar-refractivity contribution in [3.63, 3.8) is 0 Å². The summed E-state index contributed by atoms with van der Waals surface area (Å²) in [6.45, 7) is 6.27. The number of likely N-dealkylation sites (tertiary alicyclic amines) is 1. The molecule has 2 aliphatic rings. The minimum absolute atomic E-state index is 0. The average molecular weight is 670 g/mol. The van der Waals surface area contributed by atoms with Crippen LogP contribution in [0.1, 0.15) is 55.8 Å². The Bertz CT molecular complexity index is 1570. The van der Waals surface area contributed by atoms with E-state index in [1.807, 2.05) is 36.4 Å². The van der Waals surface area contributed by atoms with Gasteiger partial charge in [0.15, 0.2) is 0 Å². The molecule has 0 radical (unpaired) electrons. The summed E-state index contributed by atoms with van der Waals surface area (Å²) in [5.41, 5.74) is 9.38. The standard InChI is InChI=1S/C34H36N4O6.2ClH/c1-21(2)43-33(39)28-22(3)36-32(35)30(29(28)25-15-10-16-26(19-25)38(41)42)34(40)44-27-17-18-37(20-27)31(23-11-6-4-7-12-23)24-13-8-5-9-14-24;;/h4-16,19,21,27,29,31,36H,17-18,20,35H2,1-3H3;2*1H. The SMILES string of the molecule is CC1=C(C(=O)OC(C)C)C(c2cccc([N+](=O)[O-])c2)C(C(=O)OC2CCN(C(c3ccccc3)c3ccccc3)C2)=C(N)N1.Cl.Cl. The first-order valence-electron chi connectivity index (χ1n) is 14.6. The first-order chi connectivity index (χ1) is 21.1. The second kappa shape index (κ2) is 15.8. The van der Waals surface area contributed by atoms with E-state index in [2.05, 4.69) is 34.5 Å². The van der Waals surface area contributed by atoms with E-state index in [1.54, 1.807) is 26.8 Å². The van der Waals surface area contributed by atoms with Crippen LogP contribution in [-0.2, 0) is 19.1 Å². The minimum atomic E-state index is -1.03. The van der Waals surface area contributed by atoms with Crippen molar-refractivity contribution in [1.29, 1.82) is 0 Å². The number of halogens is 2. The quantitative estimate of drug-likeness (QED) is 0.161. The number of nitrogens with two attached hydrogens (primary N) is 1. The molecule has 0 saturated carbocycles. The smallest absolute Gasteiger partial charge is 0.338 e. The number of nitro groups is 1. The summed E-state index contributed by atoms with van der Waals surface area (Å²) >= 11 is 0. The van der Waals surface area contributed by atoms with Gasteiger partial charge in [-0.15, -0.1) is 24.8 Å². The lowest BCUT2D eigenvalue weighted by molar-refractivity contribution is -0.384. The molecule has 0 bridgehead atoms. The summed E-state index contributed by atoms with van der Waals surface area (Å²) in [7, 11) is 0. The predicted octanol–water partition coefficient (Wildman–Crippen LogP) is 5.93. The van der Waals surface area contributed by atoms with E-state index in [-0.39, 0.29) is 53.5 Å². The summed E-state index contributed by atoms with van der Waals surface area (Å²) in [6.07, 6.45) is -0.276. The third-order valence-electron chi connectivity index (χ3n) is 7.84. The Hall–Kier alpha value is -4.38. The molecule has 10 nitrogen and oxygen atoms in total. The van der Waals surface area contributed by atoms with Crippen LogP contribution in [0.5, 0.6) is 0 Å². The van der Waals surface area contributed by atoms with Gasteiger partial charge in [0.05, 0.1) is 34.1 Å². The topological polar surface area (TPSA) is 137 Å². The largest absolute Gasteiger partial charge is 0.460 e. The van der Waals surface area contributed by atoms with Crippen molar-refractivity contribution < 1.29 is 24.0 Å². The number of dihydropyridines is 1. The molecule has 3 aromatic carbocycles. The number of allylic oxidation sites excluding steroid dienone is 1. The second-order valence-electron chi connectivity index (χ2n) is 11.3. The Kier molecular flexibility index (Phi) is 12.4. The number of rotatable bonds is 9. The Labute approximate surface area is 280 Å². The number of esters is 2. The van der Waals surface area contributed by atoms with E-state index < -0.39 is 35.0 Å². The third kappa shape index (κ3) is 7.88. The molecule has 244 valence electrons. The Morgan fingerprint density at radius 2 is 1.54 bits per heavy atom. The highest BCUT2D eigenvalue weighted by Crippen LogP contribution is 2.40. The molecule has 2 atom stereocenters. The number of nitrogens with one attached hydrogen (secondary N) is 1. The molecule has 1 saturated heterocycles. The third-order valence-corrected chi connectivity index (χ3v) is 7.84. The Balaban J connectivity index is 0.00000288. The molecule has 46 heavy (non-hydrogen) atoms. The van der Waals surface area contributed by atoms with Crippen LogP contribution in [-0.4, -0.2) is 47.1 Å². The zero-order valence-electron chi connectivity index (χ0n) is 25.8. The lowest BCUT2D eigenvalue weighted by Gasteiger charge is -2.31. The van der Waals surface area contributed by atoms with E-state index in [1.165, 1.54) is 18.2 Å². The second-order valence-corrected chi connectivity index (χ2v) is 11.3. The van der Waals surface area contributed by atoms with Gasteiger partial charge in [0.1, 0.15) is 11.9 Å². The van der Waals surface area contributed by atoms with Crippen LogP contribution in [0.15, 0.2) is 108 Å². The molecule has 0 amide bonds. The van der Waals surface area contributed by atoms with E-state index in [0.717, 1.165) is 11.1 Å². The van der Waals surface area contributed by atoms with Gasteiger partial charge in [-0.25, -0.2) is 9.59 Å². The summed E-state index contributed by atoms with van der Waals surface area (Å²) in [5.74, 6) is -2.36. The number of non-ortho nitro benzene ring substituents is 1. The molecular weight excluding hydrogens is 631 g/mol. The van der Waals surface area contributed by atoms with Crippen molar-refractivity contribution in [1.82, 2.24) is 10.2 Å². The van der Waals surface area contributed by atoms with Crippen LogP contribution < -0.4 is 11.1 Å². The first-order valence-corrected chi connectivity index (χ1v) is 14.6. The molecule has 0 aromatic heterocycles. The van der Waals surface area contributed by atoms with E-state index in [0.29, 0.717) is 30.8 Å². The monoisotopic (exact) mass is 668 g/mol. The molecule has 3 N–H and O–H groups in total. The van der Waals surface area contributed by atoms with Crippen molar-refractivity contribution >= 4 is 42.4 Å². The highest BCUT2D eigenvalue weighted by atomic mass is 35.5.